The lowest BCUT2D eigenvalue weighted by molar-refractivity contribution is -0.159. The zero-order valence-corrected chi connectivity index (χ0v) is 32.1. The summed E-state index contributed by atoms with van der Waals surface area (Å²) < 4.78 is 40.3. The minimum absolute atomic E-state index is 0.0172. The Labute approximate surface area is 311 Å². The SMILES string of the molecule is CCOC(=O)[C@@]12C[C@H]1/C=C\CCCCC[C@H](CC(=O)OC(C)(C)C)C(=O)N1C[C@@]3(C[C@@H](F)c4c(c(C(C)C)nc5ccc(OC)cc45)O3)C[C@H]1C(=O)N2. The number of hydrogen-bond donors (Lipinski definition) is 1. The summed E-state index contributed by atoms with van der Waals surface area (Å²) in [6.45, 7) is 11.0. The molecule has 0 unspecified atom stereocenters. The molecule has 1 aromatic heterocycles. The van der Waals surface area contributed by atoms with Gasteiger partial charge in [-0.3, -0.25) is 14.4 Å². The molecule has 1 N–H and O–H groups in total. The Balaban J connectivity index is 1.41. The van der Waals surface area contributed by atoms with Crippen molar-refractivity contribution in [1.29, 1.82) is 0 Å². The molecule has 4 aliphatic rings. The fourth-order valence-electron chi connectivity index (χ4n) is 8.26. The molecule has 1 aliphatic carbocycles. The molecular formula is C41H54FN3O8. The number of nitrogens with one attached hydrogen (secondary N) is 1. The third-order valence-electron chi connectivity index (χ3n) is 10.9. The normalized spacial score (nSPS) is 29.6. The van der Waals surface area contributed by atoms with Crippen molar-refractivity contribution in [3.63, 3.8) is 0 Å². The molecule has 288 valence electrons. The van der Waals surface area contributed by atoms with Crippen LogP contribution < -0.4 is 14.8 Å². The second-order valence-corrected chi connectivity index (χ2v) is 16.5. The van der Waals surface area contributed by atoms with Gasteiger partial charge in [-0.2, -0.15) is 0 Å². The third kappa shape index (κ3) is 7.87. The summed E-state index contributed by atoms with van der Waals surface area (Å²) in [5.74, 6) is -2.25. The second-order valence-electron chi connectivity index (χ2n) is 16.5. The first-order valence-corrected chi connectivity index (χ1v) is 19.1. The number of benzene rings is 1. The van der Waals surface area contributed by atoms with Crippen LogP contribution in [-0.4, -0.2) is 76.7 Å². The third-order valence-corrected chi connectivity index (χ3v) is 10.9. The molecule has 1 saturated carbocycles. The molecule has 6 atom stereocenters. The first kappa shape index (κ1) is 38.5. The van der Waals surface area contributed by atoms with Gasteiger partial charge >= 0.3 is 11.9 Å². The van der Waals surface area contributed by atoms with E-state index in [-0.39, 0.29) is 44.2 Å². The number of aromatic nitrogens is 1. The summed E-state index contributed by atoms with van der Waals surface area (Å²) in [6, 6.07) is 4.24. The number of fused-ring (bicyclic) bond motifs is 5. The molecule has 1 aromatic carbocycles. The Hall–Kier alpha value is -4.22. The maximum atomic E-state index is 16.9. The van der Waals surface area contributed by atoms with Crippen molar-refractivity contribution < 1.29 is 42.5 Å². The van der Waals surface area contributed by atoms with E-state index in [1.54, 1.807) is 53.0 Å². The highest BCUT2D eigenvalue weighted by atomic mass is 19.1. The van der Waals surface area contributed by atoms with Crippen LogP contribution in [0.2, 0.25) is 0 Å². The predicted molar refractivity (Wildman–Crippen MR) is 196 cm³/mol. The summed E-state index contributed by atoms with van der Waals surface area (Å²) in [5.41, 5.74) is -1.73. The van der Waals surface area contributed by atoms with Crippen LogP contribution in [0.5, 0.6) is 11.5 Å². The van der Waals surface area contributed by atoms with Gasteiger partial charge in [-0.1, -0.05) is 38.8 Å². The lowest BCUT2D eigenvalue weighted by atomic mass is 9.85. The number of ether oxygens (including phenoxy) is 4. The topological polar surface area (TPSA) is 133 Å². The lowest BCUT2D eigenvalue weighted by Gasteiger charge is -2.39. The van der Waals surface area contributed by atoms with Gasteiger partial charge in [-0.25, -0.2) is 14.2 Å². The predicted octanol–water partition coefficient (Wildman–Crippen LogP) is 6.81. The molecule has 1 spiro atoms. The largest absolute Gasteiger partial charge is 0.497 e. The smallest absolute Gasteiger partial charge is 0.332 e. The van der Waals surface area contributed by atoms with Gasteiger partial charge in [0.2, 0.25) is 11.8 Å². The van der Waals surface area contributed by atoms with Crippen molar-refractivity contribution in [2.75, 3.05) is 20.3 Å². The quantitative estimate of drug-likeness (QED) is 0.251. The summed E-state index contributed by atoms with van der Waals surface area (Å²) in [4.78, 5) is 62.2. The number of alkyl halides is 1. The van der Waals surface area contributed by atoms with Gasteiger partial charge in [0.15, 0.2) is 0 Å². The van der Waals surface area contributed by atoms with E-state index in [2.05, 4.69) is 5.32 Å². The van der Waals surface area contributed by atoms with E-state index in [9.17, 15) is 19.2 Å². The van der Waals surface area contributed by atoms with Gasteiger partial charge < -0.3 is 29.2 Å². The minimum atomic E-state index is -1.51. The zero-order valence-electron chi connectivity index (χ0n) is 32.1. The molecule has 0 radical (unpaired) electrons. The molecule has 3 aliphatic heterocycles. The van der Waals surface area contributed by atoms with Crippen molar-refractivity contribution in [3.8, 4) is 11.5 Å². The number of hydrogen-bond acceptors (Lipinski definition) is 9. The molecule has 4 heterocycles. The Morgan fingerprint density at radius 2 is 1.91 bits per heavy atom. The van der Waals surface area contributed by atoms with E-state index in [0.717, 1.165) is 19.3 Å². The van der Waals surface area contributed by atoms with Crippen LogP contribution in [0.1, 0.15) is 123 Å². The second kappa shape index (κ2) is 14.9. The highest BCUT2D eigenvalue weighted by Crippen LogP contribution is 2.52. The van der Waals surface area contributed by atoms with Gasteiger partial charge in [0.05, 0.1) is 37.9 Å². The number of pyridine rings is 1. The van der Waals surface area contributed by atoms with Crippen LogP contribution in [0, 0.1) is 11.8 Å². The van der Waals surface area contributed by atoms with Crippen molar-refractivity contribution in [3.05, 3.63) is 41.6 Å². The van der Waals surface area contributed by atoms with Gasteiger partial charge in [0.1, 0.15) is 40.5 Å². The standard InChI is InChI=1S/C41H54FN3O8/c1-8-51-38(49)41-20-26(41)15-13-11-9-10-12-14-25(18-32(46)52-39(4,5)6)37(48)45-23-40(22-31(45)36(47)44-41)21-29(42)33-28-19-27(50-7)16-17-30(28)43-34(24(2)3)35(33)53-40/h13,15-17,19,24-26,29,31H,8-12,14,18,20-23H2,1-7H3,(H,44,47)/b15-13-/t25-,26-,29-,31+,40-,41-/m1/s1. The highest BCUT2D eigenvalue weighted by Gasteiger charge is 2.63. The number of esters is 2. The molecular weight excluding hydrogens is 681 g/mol. The van der Waals surface area contributed by atoms with Crippen LogP contribution >= 0.6 is 0 Å². The summed E-state index contributed by atoms with van der Waals surface area (Å²) in [5, 5.41) is 3.57. The monoisotopic (exact) mass is 735 g/mol. The maximum absolute atomic E-state index is 16.9. The van der Waals surface area contributed by atoms with Crippen molar-refractivity contribution in [2.45, 2.75) is 134 Å². The Bertz CT molecular complexity index is 1790. The van der Waals surface area contributed by atoms with E-state index >= 15 is 4.39 Å². The van der Waals surface area contributed by atoms with Crippen LogP contribution in [0.3, 0.4) is 0 Å². The molecule has 2 fully saturated rings. The van der Waals surface area contributed by atoms with E-state index in [1.807, 2.05) is 26.0 Å². The van der Waals surface area contributed by atoms with Crippen LogP contribution in [0.25, 0.3) is 10.9 Å². The number of allylic oxidation sites excluding steroid dienone is 1. The lowest BCUT2D eigenvalue weighted by Crippen LogP contribution is -2.54. The van der Waals surface area contributed by atoms with E-state index in [0.29, 0.717) is 52.9 Å². The molecule has 6 rings (SSSR count). The number of carbonyl (C=O) groups is 4. The molecule has 2 aromatic rings. The van der Waals surface area contributed by atoms with E-state index in [1.165, 1.54) is 4.90 Å². The van der Waals surface area contributed by atoms with Crippen LogP contribution in [0.15, 0.2) is 30.4 Å². The molecule has 12 heteroatoms. The average molecular weight is 736 g/mol. The molecule has 2 amide bonds. The number of amides is 2. The fraction of sp³-hybridized carbons (Fsp3) is 0.634. The van der Waals surface area contributed by atoms with Crippen LogP contribution in [-0.2, 0) is 28.7 Å². The minimum Gasteiger partial charge on any atom is -0.497 e. The first-order chi connectivity index (χ1) is 25.1. The Kier molecular flexibility index (Phi) is 10.8. The summed E-state index contributed by atoms with van der Waals surface area (Å²) >= 11 is 0. The van der Waals surface area contributed by atoms with Gasteiger partial charge in [0, 0.05) is 35.6 Å². The number of methoxy groups -OCH3 is 1. The van der Waals surface area contributed by atoms with Gasteiger partial charge in [-0.05, 0) is 77.5 Å². The summed E-state index contributed by atoms with van der Waals surface area (Å²) in [7, 11) is 1.55. The van der Waals surface area contributed by atoms with E-state index < -0.39 is 58.6 Å². The number of rotatable bonds is 6. The Morgan fingerprint density at radius 1 is 1.13 bits per heavy atom. The highest BCUT2D eigenvalue weighted by molar-refractivity contribution is 5.96. The van der Waals surface area contributed by atoms with Gasteiger partial charge in [-0.15, -0.1) is 0 Å². The van der Waals surface area contributed by atoms with E-state index in [4.69, 9.17) is 23.9 Å². The molecule has 0 bridgehead atoms. The maximum Gasteiger partial charge on any atom is 0.332 e. The zero-order chi connectivity index (χ0) is 38.3. The number of nitrogens with zero attached hydrogens (tertiary/aromatic N) is 2. The fourth-order valence-corrected chi connectivity index (χ4v) is 8.26. The van der Waals surface area contributed by atoms with Crippen molar-refractivity contribution >= 4 is 34.7 Å². The average Bonchev–Trinajstić information content (AvgIpc) is 3.66. The van der Waals surface area contributed by atoms with Crippen molar-refractivity contribution in [2.24, 2.45) is 11.8 Å². The number of carbonyl (C=O) groups excluding carboxylic acids is 4. The molecule has 53 heavy (non-hydrogen) atoms. The number of halogens is 1. The Morgan fingerprint density at radius 3 is 2.60 bits per heavy atom. The van der Waals surface area contributed by atoms with Crippen molar-refractivity contribution in [1.82, 2.24) is 15.2 Å². The van der Waals surface area contributed by atoms with Crippen LogP contribution in [0.4, 0.5) is 4.39 Å². The van der Waals surface area contributed by atoms with Gasteiger partial charge in [0.25, 0.3) is 0 Å². The summed E-state index contributed by atoms with van der Waals surface area (Å²) in [6.07, 6.45) is 6.15. The molecule has 11 nitrogen and oxygen atoms in total. The first-order valence-electron chi connectivity index (χ1n) is 19.1. The molecule has 1 saturated heterocycles.